The lowest BCUT2D eigenvalue weighted by Crippen LogP contribution is -2.31. The van der Waals surface area contributed by atoms with Crippen LogP contribution < -0.4 is 5.56 Å². The first-order chi connectivity index (χ1) is 18.1. The summed E-state index contributed by atoms with van der Waals surface area (Å²) in [5, 5.41) is 14.3. The quantitative estimate of drug-likeness (QED) is 0.275. The summed E-state index contributed by atoms with van der Waals surface area (Å²) >= 11 is 0. The molecule has 2 aromatic carbocycles. The number of ether oxygens (including phenoxy) is 2. The van der Waals surface area contributed by atoms with E-state index in [1.54, 1.807) is 11.7 Å². The van der Waals surface area contributed by atoms with Crippen LogP contribution in [0.1, 0.15) is 42.4 Å². The van der Waals surface area contributed by atoms with Crippen molar-refractivity contribution in [2.45, 2.75) is 46.1 Å². The molecule has 4 rings (SSSR count). The van der Waals surface area contributed by atoms with Crippen LogP contribution in [-0.4, -0.2) is 57.1 Å². The Morgan fingerprint density at radius 1 is 1.00 bits per heavy atom. The van der Waals surface area contributed by atoms with Gasteiger partial charge in [-0.1, -0.05) is 61.9 Å². The number of tetrazole rings is 1. The Kier molecular flexibility index (Phi) is 9.29. The number of rotatable bonds is 13. The minimum Gasteiger partial charge on any atom is -0.382 e. The third-order valence-corrected chi connectivity index (χ3v) is 6.37. The number of H-pyrrole nitrogens is 1. The Hall–Kier alpha value is -3.69. The van der Waals surface area contributed by atoms with Gasteiger partial charge in [0, 0.05) is 24.7 Å². The summed E-state index contributed by atoms with van der Waals surface area (Å²) in [6.45, 7) is 5.98. The van der Waals surface area contributed by atoms with Gasteiger partial charge in [-0.15, -0.1) is 5.10 Å². The molecule has 0 aliphatic heterocycles. The molecular formula is C28H34N6O3. The van der Waals surface area contributed by atoms with E-state index < -0.39 is 0 Å². The molecule has 0 saturated heterocycles. The van der Waals surface area contributed by atoms with Crippen molar-refractivity contribution < 1.29 is 9.47 Å². The van der Waals surface area contributed by atoms with Gasteiger partial charge < -0.3 is 9.47 Å². The van der Waals surface area contributed by atoms with Gasteiger partial charge in [0.05, 0.1) is 32.1 Å². The van der Waals surface area contributed by atoms with Crippen LogP contribution in [0.15, 0.2) is 53.3 Å². The number of nitrogens with zero attached hydrogens (tertiary/aromatic N) is 5. The van der Waals surface area contributed by atoms with Crippen molar-refractivity contribution in [3.05, 3.63) is 81.5 Å². The Morgan fingerprint density at radius 3 is 2.49 bits per heavy atom. The highest BCUT2D eigenvalue weighted by atomic mass is 16.5. The lowest BCUT2D eigenvalue weighted by Gasteiger charge is -2.16. The molecule has 0 spiro atoms. The monoisotopic (exact) mass is 502 g/mol. The van der Waals surface area contributed by atoms with Crippen LogP contribution in [0, 0.1) is 6.92 Å². The molecule has 37 heavy (non-hydrogen) atoms. The van der Waals surface area contributed by atoms with Gasteiger partial charge in [0.2, 0.25) is 0 Å². The highest BCUT2D eigenvalue weighted by Crippen LogP contribution is 2.30. The zero-order valence-corrected chi connectivity index (χ0v) is 21.7. The molecule has 2 aromatic heterocycles. The average molecular weight is 503 g/mol. The van der Waals surface area contributed by atoms with E-state index in [-0.39, 0.29) is 5.56 Å². The van der Waals surface area contributed by atoms with Crippen LogP contribution in [-0.2, 0) is 28.9 Å². The molecule has 0 atom stereocenters. The number of nitrogens with one attached hydrogen (secondary N) is 1. The number of hydrogen-bond acceptors (Lipinski definition) is 7. The fourth-order valence-corrected chi connectivity index (χ4v) is 4.37. The van der Waals surface area contributed by atoms with Gasteiger partial charge >= 0.3 is 0 Å². The molecule has 4 aromatic rings. The fourth-order valence-electron chi connectivity index (χ4n) is 4.37. The summed E-state index contributed by atoms with van der Waals surface area (Å²) in [5.74, 6) is 1.35. The van der Waals surface area contributed by atoms with E-state index >= 15 is 0 Å². The van der Waals surface area contributed by atoms with E-state index in [1.807, 2.05) is 31.2 Å². The molecule has 1 N–H and O–H groups in total. The van der Waals surface area contributed by atoms with Crippen molar-refractivity contribution in [1.82, 2.24) is 30.2 Å². The predicted octanol–water partition coefficient (Wildman–Crippen LogP) is 4.00. The lowest BCUT2D eigenvalue weighted by atomic mass is 9.96. The Labute approximate surface area is 216 Å². The van der Waals surface area contributed by atoms with Gasteiger partial charge in [-0.25, -0.2) is 10.1 Å². The van der Waals surface area contributed by atoms with E-state index in [9.17, 15) is 4.79 Å². The molecule has 9 nitrogen and oxygen atoms in total. The van der Waals surface area contributed by atoms with E-state index in [2.05, 4.69) is 51.8 Å². The summed E-state index contributed by atoms with van der Waals surface area (Å²) in [6.07, 6.45) is 3.37. The van der Waals surface area contributed by atoms with Gasteiger partial charge in [-0.2, -0.15) is 0 Å². The minimum atomic E-state index is 0.0150. The van der Waals surface area contributed by atoms with Gasteiger partial charge in [0.15, 0.2) is 5.82 Å². The van der Waals surface area contributed by atoms with E-state index in [0.717, 1.165) is 58.6 Å². The van der Waals surface area contributed by atoms with Crippen LogP contribution >= 0.6 is 0 Å². The first-order valence-electron chi connectivity index (χ1n) is 12.7. The van der Waals surface area contributed by atoms with Gasteiger partial charge in [-0.05, 0) is 46.9 Å². The van der Waals surface area contributed by atoms with E-state index in [4.69, 9.17) is 14.5 Å². The topological polar surface area (TPSA) is 108 Å². The summed E-state index contributed by atoms with van der Waals surface area (Å²) in [7, 11) is 1.64. The molecule has 0 unspecified atom stereocenters. The van der Waals surface area contributed by atoms with Crippen molar-refractivity contribution >= 4 is 0 Å². The molecule has 0 saturated carbocycles. The second-order valence-corrected chi connectivity index (χ2v) is 8.92. The van der Waals surface area contributed by atoms with Crippen molar-refractivity contribution in [1.29, 1.82) is 0 Å². The lowest BCUT2D eigenvalue weighted by molar-refractivity contribution is 0.0659. The highest BCUT2D eigenvalue weighted by Gasteiger charge is 2.16. The number of aryl methyl sites for hydroxylation is 2. The van der Waals surface area contributed by atoms with Crippen molar-refractivity contribution in [3.8, 4) is 22.5 Å². The molecule has 9 heteroatoms. The smallest absolute Gasteiger partial charge is 0.257 e. The van der Waals surface area contributed by atoms with Crippen LogP contribution in [0.5, 0.6) is 0 Å². The number of benzene rings is 2. The molecule has 0 radical (unpaired) electrons. The van der Waals surface area contributed by atoms with E-state index in [0.29, 0.717) is 38.6 Å². The van der Waals surface area contributed by atoms with Crippen molar-refractivity contribution in [2.75, 3.05) is 26.9 Å². The summed E-state index contributed by atoms with van der Waals surface area (Å²) in [6, 6.07) is 16.3. The number of methoxy groups -OCH3 is 1. The minimum absolute atomic E-state index is 0.0150. The normalized spacial score (nSPS) is 11.2. The Bertz CT molecular complexity index is 1330. The number of aromatic nitrogens is 6. The second-order valence-electron chi connectivity index (χ2n) is 8.92. The molecule has 0 fully saturated rings. The summed E-state index contributed by atoms with van der Waals surface area (Å²) < 4.78 is 12.4. The molecular weight excluding hydrogens is 468 g/mol. The third kappa shape index (κ3) is 6.55. The predicted molar refractivity (Wildman–Crippen MR) is 142 cm³/mol. The Balaban J connectivity index is 1.59. The fraction of sp³-hybridized carbons (Fsp3) is 0.393. The molecule has 0 aliphatic carbocycles. The number of hydrogen-bond donors (Lipinski definition) is 1. The zero-order chi connectivity index (χ0) is 26.0. The molecule has 2 heterocycles. The third-order valence-electron chi connectivity index (χ3n) is 6.37. The van der Waals surface area contributed by atoms with Crippen LogP contribution in [0.4, 0.5) is 0 Å². The number of aromatic amines is 1. The maximum Gasteiger partial charge on any atom is 0.257 e. The first kappa shape index (κ1) is 26.4. The summed E-state index contributed by atoms with van der Waals surface area (Å²) in [5.41, 5.74) is 5.75. The van der Waals surface area contributed by atoms with E-state index in [1.165, 1.54) is 0 Å². The molecule has 0 amide bonds. The van der Waals surface area contributed by atoms with Crippen LogP contribution in [0.25, 0.3) is 22.5 Å². The standard InChI is InChI=1S/C28H34N6O3/c1-4-5-10-26-25(28(35)34(20(2)29-26)15-16-37-18-17-36-3)19-21-11-13-22(14-12-21)23-8-6-7-9-24(23)27-30-32-33-31-27/h6-9,11-14H,4-5,10,15-19H2,1-3H3,(H,30,31,32,33). The van der Waals surface area contributed by atoms with Crippen molar-refractivity contribution in [2.24, 2.45) is 0 Å². The largest absolute Gasteiger partial charge is 0.382 e. The number of unbranched alkanes of at least 4 members (excludes halogenated alkanes) is 1. The average Bonchev–Trinajstić information content (AvgIpc) is 3.46. The Morgan fingerprint density at radius 2 is 1.78 bits per heavy atom. The van der Waals surface area contributed by atoms with Gasteiger partial charge in [0.25, 0.3) is 5.56 Å². The molecule has 0 aliphatic rings. The van der Waals surface area contributed by atoms with Crippen LogP contribution in [0.2, 0.25) is 0 Å². The maximum absolute atomic E-state index is 13.6. The SMILES string of the molecule is CCCCc1nc(C)n(CCOCCOC)c(=O)c1Cc1ccc(-c2ccccc2-c2nnn[nH]2)cc1. The maximum atomic E-state index is 13.6. The highest BCUT2D eigenvalue weighted by molar-refractivity contribution is 5.80. The molecule has 194 valence electrons. The second kappa shape index (κ2) is 13.0. The van der Waals surface area contributed by atoms with Gasteiger partial charge in [-0.3, -0.25) is 9.36 Å². The zero-order valence-electron chi connectivity index (χ0n) is 21.7. The summed E-state index contributed by atoms with van der Waals surface area (Å²) in [4.78, 5) is 18.4. The van der Waals surface area contributed by atoms with Crippen molar-refractivity contribution in [3.63, 3.8) is 0 Å². The van der Waals surface area contributed by atoms with Crippen LogP contribution in [0.3, 0.4) is 0 Å². The first-order valence-corrected chi connectivity index (χ1v) is 12.7. The molecule has 0 bridgehead atoms. The van der Waals surface area contributed by atoms with Gasteiger partial charge in [0.1, 0.15) is 5.82 Å².